The lowest BCUT2D eigenvalue weighted by atomic mass is 10.4. The van der Waals surface area contributed by atoms with Crippen LogP contribution in [0.3, 0.4) is 0 Å². The summed E-state index contributed by atoms with van der Waals surface area (Å²) < 4.78 is 7.58. The van der Waals surface area contributed by atoms with Crippen LogP contribution in [0, 0.1) is 5.92 Å². The van der Waals surface area contributed by atoms with E-state index in [1.807, 2.05) is 28.8 Å². The maximum Gasteiger partial charge on any atom is 0.191 e. The fourth-order valence-corrected chi connectivity index (χ4v) is 2.31. The van der Waals surface area contributed by atoms with Crippen molar-refractivity contribution in [2.45, 2.75) is 25.8 Å². The van der Waals surface area contributed by atoms with Crippen LogP contribution in [0.15, 0.2) is 29.4 Å². The SMILES string of the molecule is CN=C(NCCCOCC1CC1)NCc1nnc2ccccn12. The summed E-state index contributed by atoms with van der Waals surface area (Å²) in [5.74, 6) is 2.45. The van der Waals surface area contributed by atoms with Crippen LogP contribution >= 0.6 is 0 Å². The molecule has 7 heteroatoms. The van der Waals surface area contributed by atoms with Crippen molar-refractivity contribution in [2.75, 3.05) is 26.8 Å². The Bertz CT molecular complexity index is 649. The van der Waals surface area contributed by atoms with Gasteiger partial charge in [-0.05, 0) is 37.3 Å². The molecule has 3 rings (SSSR count). The summed E-state index contributed by atoms with van der Waals surface area (Å²) in [4.78, 5) is 4.22. The minimum absolute atomic E-state index is 0.572. The third-order valence-electron chi connectivity index (χ3n) is 3.83. The van der Waals surface area contributed by atoms with E-state index in [1.54, 1.807) is 7.05 Å². The van der Waals surface area contributed by atoms with Crippen molar-refractivity contribution in [3.8, 4) is 0 Å². The Kier molecular flexibility index (Phi) is 5.42. The first-order valence-corrected chi connectivity index (χ1v) is 8.17. The molecule has 124 valence electrons. The normalized spacial score (nSPS) is 15.1. The number of hydrogen-bond acceptors (Lipinski definition) is 4. The quantitative estimate of drug-likeness (QED) is 0.435. The van der Waals surface area contributed by atoms with Crippen LogP contribution in [0.25, 0.3) is 5.65 Å². The van der Waals surface area contributed by atoms with E-state index in [0.29, 0.717) is 6.54 Å². The van der Waals surface area contributed by atoms with Crippen LogP contribution in [-0.4, -0.2) is 47.4 Å². The molecule has 0 saturated heterocycles. The average molecular weight is 316 g/mol. The molecule has 1 aliphatic rings. The zero-order valence-electron chi connectivity index (χ0n) is 13.5. The van der Waals surface area contributed by atoms with Crippen molar-refractivity contribution < 1.29 is 4.74 Å². The van der Waals surface area contributed by atoms with Crippen molar-refractivity contribution in [3.05, 3.63) is 30.2 Å². The van der Waals surface area contributed by atoms with E-state index in [-0.39, 0.29) is 0 Å². The molecule has 1 aliphatic carbocycles. The summed E-state index contributed by atoms with van der Waals surface area (Å²) in [5, 5.41) is 14.9. The van der Waals surface area contributed by atoms with E-state index in [4.69, 9.17) is 4.74 Å². The highest BCUT2D eigenvalue weighted by Crippen LogP contribution is 2.28. The first-order valence-electron chi connectivity index (χ1n) is 8.17. The van der Waals surface area contributed by atoms with Crippen molar-refractivity contribution in [3.63, 3.8) is 0 Å². The van der Waals surface area contributed by atoms with Crippen LogP contribution in [0.2, 0.25) is 0 Å². The van der Waals surface area contributed by atoms with Gasteiger partial charge in [0.25, 0.3) is 0 Å². The number of aromatic nitrogens is 3. The van der Waals surface area contributed by atoms with Crippen molar-refractivity contribution >= 4 is 11.6 Å². The highest BCUT2D eigenvalue weighted by atomic mass is 16.5. The maximum absolute atomic E-state index is 5.62. The molecule has 1 saturated carbocycles. The largest absolute Gasteiger partial charge is 0.381 e. The van der Waals surface area contributed by atoms with E-state index < -0.39 is 0 Å². The first-order chi connectivity index (χ1) is 11.4. The van der Waals surface area contributed by atoms with Crippen molar-refractivity contribution in [2.24, 2.45) is 10.9 Å². The van der Waals surface area contributed by atoms with Crippen molar-refractivity contribution in [1.82, 2.24) is 25.2 Å². The molecule has 2 heterocycles. The number of nitrogens with one attached hydrogen (secondary N) is 2. The fourth-order valence-electron chi connectivity index (χ4n) is 2.31. The molecule has 2 aromatic rings. The van der Waals surface area contributed by atoms with Gasteiger partial charge in [-0.15, -0.1) is 10.2 Å². The Balaban J connectivity index is 1.37. The van der Waals surface area contributed by atoms with Gasteiger partial charge in [0.05, 0.1) is 6.54 Å². The molecule has 0 radical (unpaired) electrons. The summed E-state index contributed by atoms with van der Waals surface area (Å²) in [6, 6.07) is 5.85. The van der Waals surface area contributed by atoms with E-state index >= 15 is 0 Å². The van der Waals surface area contributed by atoms with Crippen LogP contribution < -0.4 is 10.6 Å². The van der Waals surface area contributed by atoms with Crippen LogP contribution in [0.4, 0.5) is 0 Å². The van der Waals surface area contributed by atoms with Gasteiger partial charge in [-0.25, -0.2) is 0 Å². The molecular weight excluding hydrogens is 292 g/mol. The molecule has 0 unspecified atom stereocenters. The third-order valence-corrected chi connectivity index (χ3v) is 3.83. The van der Waals surface area contributed by atoms with E-state index in [2.05, 4.69) is 25.8 Å². The second-order valence-electron chi connectivity index (χ2n) is 5.77. The highest BCUT2D eigenvalue weighted by molar-refractivity contribution is 5.79. The zero-order chi connectivity index (χ0) is 15.9. The minimum Gasteiger partial charge on any atom is -0.381 e. The lowest BCUT2D eigenvalue weighted by Gasteiger charge is -2.11. The molecular formula is C16H24N6O. The summed E-state index contributed by atoms with van der Waals surface area (Å²) in [6.07, 6.45) is 5.61. The molecule has 2 N–H and O–H groups in total. The molecule has 0 amide bonds. The molecule has 2 aromatic heterocycles. The molecule has 0 atom stereocenters. The molecule has 7 nitrogen and oxygen atoms in total. The smallest absolute Gasteiger partial charge is 0.191 e. The molecule has 0 aromatic carbocycles. The second-order valence-corrected chi connectivity index (χ2v) is 5.77. The first kappa shape index (κ1) is 15.7. The van der Waals surface area contributed by atoms with Gasteiger partial charge in [-0.3, -0.25) is 9.39 Å². The number of ether oxygens (including phenoxy) is 1. The number of hydrogen-bond donors (Lipinski definition) is 2. The molecule has 0 bridgehead atoms. The van der Waals surface area contributed by atoms with Gasteiger partial charge in [0.1, 0.15) is 0 Å². The van der Waals surface area contributed by atoms with Gasteiger partial charge in [0.15, 0.2) is 17.4 Å². The fraction of sp³-hybridized carbons (Fsp3) is 0.562. The molecule has 0 aliphatic heterocycles. The van der Waals surface area contributed by atoms with Crippen LogP contribution in [0.1, 0.15) is 25.1 Å². The Morgan fingerprint density at radius 2 is 2.26 bits per heavy atom. The molecule has 1 fully saturated rings. The summed E-state index contributed by atoms with van der Waals surface area (Å²) in [6.45, 7) is 3.14. The van der Waals surface area contributed by atoms with E-state index in [0.717, 1.165) is 49.5 Å². The monoisotopic (exact) mass is 316 g/mol. The zero-order valence-corrected chi connectivity index (χ0v) is 13.5. The third kappa shape index (κ3) is 4.66. The van der Waals surface area contributed by atoms with Gasteiger partial charge in [0, 0.05) is 33.0 Å². The summed E-state index contributed by atoms with van der Waals surface area (Å²) in [7, 11) is 1.76. The highest BCUT2D eigenvalue weighted by Gasteiger charge is 2.20. The van der Waals surface area contributed by atoms with Crippen LogP contribution in [-0.2, 0) is 11.3 Å². The van der Waals surface area contributed by atoms with E-state index in [1.165, 1.54) is 12.8 Å². The number of aliphatic imine (C=N–C) groups is 1. The predicted octanol–water partition coefficient (Wildman–Crippen LogP) is 1.21. The topological polar surface area (TPSA) is 75.8 Å². The van der Waals surface area contributed by atoms with Gasteiger partial charge < -0.3 is 15.4 Å². The predicted molar refractivity (Wildman–Crippen MR) is 89.3 cm³/mol. The van der Waals surface area contributed by atoms with E-state index in [9.17, 15) is 0 Å². The van der Waals surface area contributed by atoms with Crippen LogP contribution in [0.5, 0.6) is 0 Å². The van der Waals surface area contributed by atoms with Gasteiger partial charge in [-0.2, -0.15) is 0 Å². The lowest BCUT2D eigenvalue weighted by Crippen LogP contribution is -2.38. The number of nitrogens with zero attached hydrogens (tertiary/aromatic N) is 4. The minimum atomic E-state index is 0.572. The Morgan fingerprint density at radius 3 is 3.09 bits per heavy atom. The average Bonchev–Trinajstić information content (AvgIpc) is 3.32. The van der Waals surface area contributed by atoms with Gasteiger partial charge in [0.2, 0.25) is 0 Å². The Labute approximate surface area is 136 Å². The maximum atomic E-state index is 5.62. The standard InChI is InChI=1S/C16H24N6O/c1-17-16(18-8-4-10-23-12-13-6-7-13)19-11-15-21-20-14-5-2-3-9-22(14)15/h2-3,5,9,13H,4,6-8,10-12H2,1H3,(H2,17,18,19). The Hall–Kier alpha value is -2.15. The number of pyridine rings is 1. The number of rotatable bonds is 8. The molecule has 23 heavy (non-hydrogen) atoms. The lowest BCUT2D eigenvalue weighted by molar-refractivity contribution is 0.123. The van der Waals surface area contributed by atoms with Gasteiger partial charge in [-0.1, -0.05) is 6.07 Å². The second kappa shape index (κ2) is 7.92. The Morgan fingerprint density at radius 1 is 1.35 bits per heavy atom. The summed E-state index contributed by atoms with van der Waals surface area (Å²) in [5.41, 5.74) is 0.847. The van der Waals surface area contributed by atoms with Gasteiger partial charge >= 0.3 is 0 Å². The number of guanidine groups is 1. The number of fused-ring (bicyclic) bond motifs is 1. The summed E-state index contributed by atoms with van der Waals surface area (Å²) >= 11 is 0. The molecule has 0 spiro atoms. The van der Waals surface area contributed by atoms with Crippen molar-refractivity contribution in [1.29, 1.82) is 0 Å².